The lowest BCUT2D eigenvalue weighted by atomic mass is 9.84. The highest BCUT2D eigenvalue weighted by Gasteiger charge is 2.19. The minimum Gasteiger partial charge on any atom is -0.311 e. The Labute approximate surface area is 119 Å². The van der Waals surface area contributed by atoms with Crippen LogP contribution < -0.4 is 5.32 Å². The molecule has 0 spiro atoms. The van der Waals surface area contributed by atoms with E-state index in [-0.39, 0.29) is 5.54 Å². The fraction of sp³-hybridized carbons (Fsp3) is 0.667. The van der Waals surface area contributed by atoms with Gasteiger partial charge in [-0.05, 0) is 50.5 Å². The Morgan fingerprint density at radius 2 is 1.53 bits per heavy atom. The van der Waals surface area contributed by atoms with E-state index in [1.807, 2.05) is 0 Å². The summed E-state index contributed by atoms with van der Waals surface area (Å²) >= 11 is 0. The molecule has 0 saturated heterocycles. The zero-order chi connectivity index (χ0) is 14.5. The van der Waals surface area contributed by atoms with Gasteiger partial charge in [-0.3, -0.25) is 0 Å². The van der Waals surface area contributed by atoms with Crippen molar-refractivity contribution in [3.05, 3.63) is 35.9 Å². The number of hydrogen-bond donors (Lipinski definition) is 1. The summed E-state index contributed by atoms with van der Waals surface area (Å²) in [5.74, 6) is 0.611. The van der Waals surface area contributed by atoms with Gasteiger partial charge in [0.15, 0.2) is 0 Å². The van der Waals surface area contributed by atoms with Gasteiger partial charge in [0.2, 0.25) is 0 Å². The topological polar surface area (TPSA) is 12.0 Å². The molecule has 0 amide bonds. The molecule has 1 rings (SSSR count). The smallest absolute Gasteiger partial charge is 0.00967 e. The molecule has 1 nitrogen and oxygen atoms in total. The molecule has 0 aliphatic rings. The summed E-state index contributed by atoms with van der Waals surface area (Å²) in [4.78, 5) is 0. The fourth-order valence-corrected chi connectivity index (χ4v) is 2.15. The molecule has 1 aromatic rings. The molecular formula is C18H31N. The minimum absolute atomic E-state index is 0.189. The van der Waals surface area contributed by atoms with Crippen LogP contribution in [0.5, 0.6) is 0 Å². The minimum atomic E-state index is 0.189. The summed E-state index contributed by atoms with van der Waals surface area (Å²) in [6, 6.07) is 10.9. The van der Waals surface area contributed by atoms with Crippen molar-refractivity contribution in [3.63, 3.8) is 0 Å². The standard InChI is InChI=1S/C18H31N/c1-17(2,3)13-12-16(14-19-18(4,5)6)15-10-8-7-9-11-15/h7-11,16,19H,12-14H2,1-6H3. The molecule has 0 aromatic heterocycles. The first kappa shape index (κ1) is 16.2. The van der Waals surface area contributed by atoms with Gasteiger partial charge in [0.1, 0.15) is 0 Å². The Kier molecular flexibility index (Phi) is 5.61. The Bertz CT molecular complexity index is 336. The molecule has 0 heterocycles. The van der Waals surface area contributed by atoms with Crippen LogP contribution >= 0.6 is 0 Å². The highest BCUT2D eigenvalue weighted by Crippen LogP contribution is 2.28. The van der Waals surface area contributed by atoms with Crippen molar-refractivity contribution in [1.82, 2.24) is 5.32 Å². The lowest BCUT2D eigenvalue weighted by Gasteiger charge is -2.28. The fourth-order valence-electron chi connectivity index (χ4n) is 2.15. The molecule has 1 N–H and O–H groups in total. The van der Waals surface area contributed by atoms with Crippen LogP contribution in [-0.4, -0.2) is 12.1 Å². The van der Waals surface area contributed by atoms with Gasteiger partial charge in [-0.15, -0.1) is 0 Å². The van der Waals surface area contributed by atoms with Gasteiger partial charge in [0, 0.05) is 12.1 Å². The zero-order valence-electron chi connectivity index (χ0n) is 13.6. The van der Waals surface area contributed by atoms with Gasteiger partial charge in [-0.25, -0.2) is 0 Å². The Balaban J connectivity index is 2.68. The van der Waals surface area contributed by atoms with Gasteiger partial charge in [-0.1, -0.05) is 51.1 Å². The molecule has 1 atom stereocenters. The quantitative estimate of drug-likeness (QED) is 0.788. The van der Waals surface area contributed by atoms with Crippen molar-refractivity contribution in [2.75, 3.05) is 6.54 Å². The van der Waals surface area contributed by atoms with Gasteiger partial charge >= 0.3 is 0 Å². The number of hydrogen-bond acceptors (Lipinski definition) is 1. The molecule has 0 aliphatic carbocycles. The summed E-state index contributed by atoms with van der Waals surface area (Å²) in [5, 5.41) is 3.66. The lowest BCUT2D eigenvalue weighted by Crippen LogP contribution is -2.38. The van der Waals surface area contributed by atoms with E-state index in [0.717, 1.165) is 6.54 Å². The van der Waals surface area contributed by atoms with Crippen LogP contribution in [0.2, 0.25) is 0 Å². The van der Waals surface area contributed by atoms with Crippen molar-refractivity contribution < 1.29 is 0 Å². The van der Waals surface area contributed by atoms with Gasteiger partial charge in [0.05, 0.1) is 0 Å². The van der Waals surface area contributed by atoms with E-state index >= 15 is 0 Å². The average Bonchev–Trinajstić information content (AvgIpc) is 2.27. The van der Waals surface area contributed by atoms with Crippen LogP contribution in [0.4, 0.5) is 0 Å². The zero-order valence-corrected chi connectivity index (χ0v) is 13.6. The average molecular weight is 261 g/mol. The maximum absolute atomic E-state index is 3.66. The van der Waals surface area contributed by atoms with E-state index in [9.17, 15) is 0 Å². The summed E-state index contributed by atoms with van der Waals surface area (Å²) in [7, 11) is 0. The summed E-state index contributed by atoms with van der Waals surface area (Å²) in [6.07, 6.45) is 2.51. The Hall–Kier alpha value is -0.820. The van der Waals surface area contributed by atoms with Crippen LogP contribution in [-0.2, 0) is 0 Å². The second kappa shape index (κ2) is 6.56. The lowest BCUT2D eigenvalue weighted by molar-refractivity contribution is 0.330. The van der Waals surface area contributed by atoms with Crippen molar-refractivity contribution in [1.29, 1.82) is 0 Å². The van der Waals surface area contributed by atoms with Crippen molar-refractivity contribution >= 4 is 0 Å². The highest BCUT2D eigenvalue weighted by atomic mass is 14.9. The van der Waals surface area contributed by atoms with E-state index in [1.165, 1.54) is 18.4 Å². The van der Waals surface area contributed by atoms with Gasteiger partial charge in [0.25, 0.3) is 0 Å². The third-order valence-corrected chi connectivity index (χ3v) is 3.39. The largest absolute Gasteiger partial charge is 0.311 e. The van der Waals surface area contributed by atoms with E-state index in [2.05, 4.69) is 77.2 Å². The maximum atomic E-state index is 3.66. The van der Waals surface area contributed by atoms with E-state index in [0.29, 0.717) is 11.3 Å². The molecule has 0 saturated carbocycles. The number of benzene rings is 1. The molecule has 1 heteroatoms. The number of rotatable bonds is 5. The van der Waals surface area contributed by atoms with E-state index in [4.69, 9.17) is 0 Å². The molecular weight excluding hydrogens is 230 g/mol. The van der Waals surface area contributed by atoms with E-state index < -0.39 is 0 Å². The molecule has 0 fully saturated rings. The normalized spacial score (nSPS) is 14.4. The van der Waals surface area contributed by atoms with E-state index in [1.54, 1.807) is 0 Å². The highest BCUT2D eigenvalue weighted by molar-refractivity contribution is 5.20. The molecule has 1 aromatic carbocycles. The van der Waals surface area contributed by atoms with Crippen molar-refractivity contribution in [2.24, 2.45) is 5.41 Å². The maximum Gasteiger partial charge on any atom is 0.00967 e. The first-order valence-corrected chi connectivity index (χ1v) is 7.47. The second-order valence-corrected chi connectivity index (χ2v) is 7.84. The van der Waals surface area contributed by atoms with Crippen molar-refractivity contribution in [3.8, 4) is 0 Å². The molecule has 19 heavy (non-hydrogen) atoms. The van der Waals surface area contributed by atoms with Crippen molar-refractivity contribution in [2.45, 2.75) is 65.8 Å². The predicted octanol–water partition coefficient (Wildman–Crippen LogP) is 4.98. The molecule has 1 unspecified atom stereocenters. The summed E-state index contributed by atoms with van der Waals surface area (Å²) in [5.41, 5.74) is 2.06. The van der Waals surface area contributed by atoms with Crippen LogP contribution in [0.3, 0.4) is 0 Å². The number of nitrogens with one attached hydrogen (secondary N) is 1. The SMILES string of the molecule is CC(C)(C)CCC(CNC(C)(C)C)c1ccccc1. The van der Waals surface area contributed by atoms with Gasteiger partial charge in [-0.2, -0.15) is 0 Å². The first-order valence-electron chi connectivity index (χ1n) is 7.47. The van der Waals surface area contributed by atoms with Crippen LogP contribution in [0.25, 0.3) is 0 Å². The monoisotopic (exact) mass is 261 g/mol. The third-order valence-electron chi connectivity index (χ3n) is 3.39. The molecule has 0 aliphatic heterocycles. The first-order chi connectivity index (χ1) is 8.67. The van der Waals surface area contributed by atoms with Gasteiger partial charge < -0.3 is 5.32 Å². The molecule has 0 radical (unpaired) electrons. The molecule has 0 bridgehead atoms. The second-order valence-electron chi connectivity index (χ2n) is 7.84. The third kappa shape index (κ3) is 7.37. The van der Waals surface area contributed by atoms with Crippen LogP contribution in [0, 0.1) is 5.41 Å². The van der Waals surface area contributed by atoms with Crippen LogP contribution in [0.1, 0.15) is 65.9 Å². The molecule has 108 valence electrons. The Morgan fingerprint density at radius 3 is 2.00 bits per heavy atom. The van der Waals surface area contributed by atoms with Crippen LogP contribution in [0.15, 0.2) is 30.3 Å². The predicted molar refractivity (Wildman–Crippen MR) is 85.6 cm³/mol. The Morgan fingerprint density at radius 1 is 0.947 bits per heavy atom. The summed E-state index contributed by atoms with van der Waals surface area (Å²) < 4.78 is 0. The summed E-state index contributed by atoms with van der Waals surface area (Å²) in [6.45, 7) is 14.7.